The SMILES string of the molecule is CC(=O)OOC(=O)/C=C\C(=O)OOC(=O)C[C@@]1(OC(=O)c2cc(O)c(O)c(O)c2)O[C@H](COC(=O)c2cc(O)c(O)c(O)c2)[C@@H](O)[C@H](OC(=O)c2cc(O)c(O)c(O)c2)[C@H]1O. The summed E-state index contributed by atoms with van der Waals surface area (Å²) >= 11 is 0. The molecule has 0 unspecified atom stereocenters. The smallest absolute Gasteiger partial charge is 0.379 e. The number of aliphatic hydroxyl groups excluding tert-OH is 2. The summed E-state index contributed by atoms with van der Waals surface area (Å²) in [4.78, 5) is 104. The summed E-state index contributed by atoms with van der Waals surface area (Å²) < 4.78 is 21.2. The molecule has 1 heterocycles. The van der Waals surface area contributed by atoms with Crippen LogP contribution in [0.3, 0.4) is 0 Å². The van der Waals surface area contributed by atoms with Crippen molar-refractivity contribution < 1.29 is 128 Å². The number of phenols is 9. The second-order valence-corrected chi connectivity index (χ2v) is 12.2. The van der Waals surface area contributed by atoms with E-state index in [0.717, 1.165) is 6.92 Å². The first-order valence-corrected chi connectivity index (χ1v) is 16.4. The second-order valence-electron chi connectivity index (χ2n) is 12.2. The first-order valence-electron chi connectivity index (χ1n) is 16.4. The molecule has 1 aliphatic heterocycles. The minimum absolute atomic E-state index is 0.285. The number of carbonyl (C=O) groups is 7. The number of aliphatic hydroxyl groups is 2. The van der Waals surface area contributed by atoms with E-state index in [4.69, 9.17) is 18.9 Å². The summed E-state index contributed by atoms with van der Waals surface area (Å²) in [7, 11) is 0. The third kappa shape index (κ3) is 10.8. The predicted molar refractivity (Wildman–Crippen MR) is 183 cm³/mol. The Morgan fingerprint density at radius 1 is 0.607 bits per heavy atom. The molecule has 26 nitrogen and oxygen atoms in total. The molecule has 3 aromatic carbocycles. The van der Waals surface area contributed by atoms with Gasteiger partial charge in [0.15, 0.2) is 64.0 Å². The zero-order valence-corrected chi connectivity index (χ0v) is 30.4. The number of carbonyl (C=O) groups excluding carboxylic acids is 7. The van der Waals surface area contributed by atoms with Crippen LogP contribution < -0.4 is 0 Å². The molecular formula is C35H30O26. The van der Waals surface area contributed by atoms with Gasteiger partial charge in [0.05, 0.1) is 16.7 Å². The molecule has 0 saturated carbocycles. The molecular weight excluding hydrogens is 836 g/mol. The van der Waals surface area contributed by atoms with Gasteiger partial charge in [0.1, 0.15) is 25.2 Å². The predicted octanol–water partition coefficient (Wildman–Crippen LogP) is -0.938. The molecule has 3 aromatic rings. The van der Waals surface area contributed by atoms with Crippen LogP contribution in [-0.4, -0.2) is 135 Å². The zero-order valence-electron chi connectivity index (χ0n) is 30.4. The molecule has 0 aliphatic carbocycles. The number of benzene rings is 3. The average Bonchev–Trinajstić information content (AvgIpc) is 3.20. The van der Waals surface area contributed by atoms with E-state index in [1.165, 1.54) is 0 Å². The van der Waals surface area contributed by atoms with E-state index < -0.39 is 153 Å². The number of esters is 3. The molecule has 0 amide bonds. The Morgan fingerprint density at radius 2 is 1.02 bits per heavy atom. The molecule has 0 spiro atoms. The Hall–Kier alpha value is -8.23. The van der Waals surface area contributed by atoms with Crippen molar-refractivity contribution in [2.24, 2.45) is 0 Å². The molecule has 1 saturated heterocycles. The van der Waals surface area contributed by atoms with Crippen molar-refractivity contribution in [3.8, 4) is 51.7 Å². The van der Waals surface area contributed by atoms with Crippen LogP contribution in [0.15, 0.2) is 48.6 Å². The number of aromatic hydroxyl groups is 9. The monoisotopic (exact) mass is 866 g/mol. The molecule has 4 rings (SSSR count). The summed E-state index contributed by atoms with van der Waals surface area (Å²) in [6.07, 6.45) is -11.0. The van der Waals surface area contributed by atoms with E-state index in [1.54, 1.807) is 0 Å². The molecule has 5 atom stereocenters. The first kappa shape index (κ1) is 45.5. The Labute approximate surface area is 337 Å². The number of phenolic OH excluding ortho intramolecular Hbond substituents is 9. The maximum absolute atomic E-state index is 13.5. The van der Waals surface area contributed by atoms with Crippen LogP contribution in [0, 0.1) is 0 Å². The zero-order chi connectivity index (χ0) is 45.5. The molecule has 0 aromatic heterocycles. The lowest BCUT2D eigenvalue weighted by atomic mass is 9.90. The lowest BCUT2D eigenvalue weighted by Gasteiger charge is -2.47. The molecule has 61 heavy (non-hydrogen) atoms. The van der Waals surface area contributed by atoms with Crippen molar-refractivity contribution in [3.05, 3.63) is 65.2 Å². The Bertz CT molecular complexity index is 2210. The average molecular weight is 867 g/mol. The topological polar surface area (TPSA) is 416 Å². The summed E-state index contributed by atoms with van der Waals surface area (Å²) in [6, 6.07) is 3.33. The van der Waals surface area contributed by atoms with Gasteiger partial charge in [-0.05, 0) is 36.4 Å². The van der Waals surface area contributed by atoms with Crippen LogP contribution in [0.5, 0.6) is 51.7 Å². The number of hydrogen-bond donors (Lipinski definition) is 11. The minimum atomic E-state index is -3.39. The van der Waals surface area contributed by atoms with Crippen molar-refractivity contribution in [2.75, 3.05) is 6.61 Å². The van der Waals surface area contributed by atoms with Gasteiger partial charge in [0.2, 0.25) is 0 Å². The van der Waals surface area contributed by atoms with Crippen molar-refractivity contribution in [2.45, 2.75) is 43.5 Å². The molecule has 0 bridgehead atoms. The molecule has 11 N–H and O–H groups in total. The fraction of sp³-hybridized carbons (Fsp3) is 0.229. The van der Waals surface area contributed by atoms with Gasteiger partial charge < -0.3 is 75.1 Å². The van der Waals surface area contributed by atoms with Crippen LogP contribution in [0.2, 0.25) is 0 Å². The Kier molecular flexibility index (Phi) is 13.8. The largest absolute Gasteiger partial charge is 0.504 e. The number of rotatable bonds is 11. The number of ether oxygens (including phenoxy) is 4. The highest BCUT2D eigenvalue weighted by Gasteiger charge is 2.60. The van der Waals surface area contributed by atoms with E-state index in [0.29, 0.717) is 42.5 Å². The van der Waals surface area contributed by atoms with Gasteiger partial charge in [-0.1, -0.05) is 0 Å². The van der Waals surface area contributed by atoms with Crippen LogP contribution in [0.4, 0.5) is 0 Å². The highest BCUT2D eigenvalue weighted by atomic mass is 17.2. The lowest BCUT2D eigenvalue weighted by molar-refractivity contribution is -0.348. The summed E-state index contributed by atoms with van der Waals surface area (Å²) in [5, 5.41) is 111. The summed E-state index contributed by atoms with van der Waals surface area (Å²) in [6.45, 7) is -0.381. The molecule has 1 fully saturated rings. The maximum atomic E-state index is 13.5. The van der Waals surface area contributed by atoms with E-state index in [9.17, 15) is 89.7 Å². The van der Waals surface area contributed by atoms with E-state index >= 15 is 0 Å². The van der Waals surface area contributed by atoms with Gasteiger partial charge >= 0.3 is 41.8 Å². The van der Waals surface area contributed by atoms with Gasteiger partial charge in [-0.15, -0.1) is 0 Å². The van der Waals surface area contributed by atoms with E-state index in [-0.39, 0.29) is 6.08 Å². The molecule has 26 heteroatoms. The van der Waals surface area contributed by atoms with Crippen LogP contribution in [0.1, 0.15) is 44.4 Å². The van der Waals surface area contributed by atoms with Crippen LogP contribution >= 0.6 is 0 Å². The standard InChI is InChI=1S/C35H30O26/c1-12(36)58-59-23(43)2-3-24(44)60-61-25(45)10-35(57-34(53)15-8-20(41)28(48)21(42)9-15)31(50)30(55-33(52)14-6-18(39)27(47)19(40)7-14)29(49)22(56-35)11-54-32(51)13-4-16(37)26(46)17(38)5-13/h2-9,22,29-31,37-42,46-50H,10-11H2,1H3/b3-2-/t22-,29-,30+,31-,35+/m1/s1. The van der Waals surface area contributed by atoms with Crippen LogP contribution in [0.25, 0.3) is 0 Å². The summed E-state index contributed by atoms with van der Waals surface area (Å²) in [5.41, 5.74) is -2.28. The molecule has 1 aliphatic rings. The fourth-order valence-electron chi connectivity index (χ4n) is 5.00. The number of hydrogen-bond acceptors (Lipinski definition) is 26. The van der Waals surface area contributed by atoms with Crippen molar-refractivity contribution in [3.63, 3.8) is 0 Å². The van der Waals surface area contributed by atoms with Gasteiger partial charge in [-0.3, -0.25) is 0 Å². The lowest BCUT2D eigenvalue weighted by Crippen LogP contribution is -2.68. The third-order valence-electron chi connectivity index (χ3n) is 7.84. The maximum Gasteiger partial charge on any atom is 0.379 e. The highest BCUT2D eigenvalue weighted by Crippen LogP contribution is 2.41. The van der Waals surface area contributed by atoms with E-state index in [2.05, 4.69) is 19.6 Å². The van der Waals surface area contributed by atoms with Gasteiger partial charge in [0.25, 0.3) is 5.79 Å². The van der Waals surface area contributed by atoms with Gasteiger partial charge in [0, 0.05) is 19.1 Å². The second kappa shape index (κ2) is 18.6. The van der Waals surface area contributed by atoms with Gasteiger partial charge in [-0.2, -0.15) is 0 Å². The quantitative estimate of drug-likeness (QED) is 0.0277. The first-order chi connectivity index (χ1) is 28.5. The molecule has 0 radical (unpaired) electrons. The van der Waals surface area contributed by atoms with Crippen molar-refractivity contribution >= 4 is 41.8 Å². The van der Waals surface area contributed by atoms with Gasteiger partial charge in [-0.25, -0.2) is 53.1 Å². The Balaban J connectivity index is 1.74. The summed E-state index contributed by atoms with van der Waals surface area (Å²) in [5.74, 6) is -23.8. The normalized spacial score (nSPS) is 19.5. The Morgan fingerprint density at radius 3 is 1.46 bits per heavy atom. The van der Waals surface area contributed by atoms with Crippen LogP contribution in [-0.2, 0) is 57.7 Å². The van der Waals surface area contributed by atoms with E-state index in [1.807, 2.05) is 0 Å². The third-order valence-corrected chi connectivity index (χ3v) is 7.84. The fourth-order valence-corrected chi connectivity index (χ4v) is 5.00. The van der Waals surface area contributed by atoms with Crippen molar-refractivity contribution in [1.29, 1.82) is 0 Å². The minimum Gasteiger partial charge on any atom is -0.504 e. The highest BCUT2D eigenvalue weighted by molar-refractivity contribution is 5.93. The molecule has 326 valence electrons. The van der Waals surface area contributed by atoms with Crippen molar-refractivity contribution in [1.82, 2.24) is 0 Å².